The maximum absolute atomic E-state index is 10.8. The summed E-state index contributed by atoms with van der Waals surface area (Å²) in [5.41, 5.74) is 13.0. The van der Waals surface area contributed by atoms with Gasteiger partial charge in [-0.2, -0.15) is 11.8 Å². The number of pyridine rings is 2. The number of Topliss-reactive ketones (excluding diaryl/α,β-unsaturated/α-hetero) is 1. The number of likely N-dealkylation sites (N-methyl/N-ethyl adjacent to an activating group) is 1. The number of sulfone groups is 1. The molecule has 0 saturated carbocycles. The van der Waals surface area contributed by atoms with Crippen LogP contribution in [0.5, 0.6) is 0 Å². The van der Waals surface area contributed by atoms with Crippen LogP contribution in [-0.2, 0) is 82.1 Å². The zero-order chi connectivity index (χ0) is 97.5. The predicted octanol–water partition coefficient (Wildman–Crippen LogP) is 10.8. The molecular weight excluding hydrogens is 1950 g/mol. The predicted molar refractivity (Wildman–Crippen MR) is 532 cm³/mol. The van der Waals surface area contributed by atoms with Crippen LogP contribution in [-0.4, -0.2) is 327 Å². The number of nitrogens with zero attached hydrogens (tertiary/aromatic N) is 23. The smallest absolute Gasteiger partial charge is 0.381 e. The first-order valence-electron chi connectivity index (χ1n) is 44.0. The standard InChI is InChI=1S/C10H10N2.C8H8N2.C7H7N3.C7H9N2O2.C6H10N2.C6H9N.C6H13N.C5H8N2.C5H11NO2S.C5H11NOS.C5H11NO.C5H11NS.C5H11N.C5H10O2.C4H5N3O2.C4H9NO.Ac/c1-12-7-10(11-8-12)9-5-3-2-4-6-9;1-10-6-9-7-4-2-3-5-8(7)10;1-10-5-9-6-3-2-4-8-7(6)10;1-11-8-6-7-2-4-9(10)5-3-7;1-5-6(2)8(3)4-7-5;1-5-3-4-7-6(5)2;1-7-5-3-2-4-6-7;1-5-3-7(2)4-6-5;1-6-2-4-9(7,8)5-3-6;1-6-2-4-8(7)5-3-6;2*1-6-2-4-7-5-3-6;1-6-4-2-3-5-6;1-4(6)3-5(2)7;1-6-2-4(5-3-6)7(8)9;1-4(2)5-6-3;/h2-8H,1H3;2-6H,1H3;2-5H,1H3;2-6,10H,1H3;4H,1-3H3;3-5H,1-2H3;2-6H2,1H3;3-4H,1-2H3;2-5H2,1H3;2-5H2,1H3;2*2-5H2,1H3;2-5H2,1H3;4,6H,3H2,1-2H3;2-3H,1H3;1-3H3;/q;;;+1;;;;;;;;;;;;;/p+1/b;;;8-6+;;;;;;;;;;;;;. The van der Waals surface area contributed by atoms with Crippen molar-refractivity contribution in [1.82, 2.24) is 87.1 Å². The van der Waals surface area contributed by atoms with Gasteiger partial charge in [-0.05, 0) is 170 Å². The van der Waals surface area contributed by atoms with E-state index in [0.717, 1.165) is 101 Å². The van der Waals surface area contributed by atoms with Crippen LogP contribution in [0.1, 0.15) is 103 Å². The van der Waals surface area contributed by atoms with Gasteiger partial charge in [0.15, 0.2) is 15.5 Å². The molecule has 35 nitrogen and oxygen atoms in total. The van der Waals surface area contributed by atoms with E-state index in [2.05, 4.69) is 181 Å². The Labute approximate surface area is 828 Å². The van der Waals surface area contributed by atoms with Crippen molar-refractivity contribution in [2.45, 2.75) is 107 Å². The minimum absolute atomic E-state index is 0. The maximum Gasteiger partial charge on any atom is 0.381 e. The summed E-state index contributed by atoms with van der Waals surface area (Å²) in [5.74, 6) is 5.58. The van der Waals surface area contributed by atoms with Crippen LogP contribution in [0.15, 0.2) is 182 Å². The average molecular weight is 2110 g/mol. The number of ketones is 1. The molecule has 10 aromatic rings. The first kappa shape index (κ1) is 121. The number of thioether (sulfide) groups is 1. The second-order valence-corrected chi connectivity index (χ2v) is 37.6. The summed E-state index contributed by atoms with van der Waals surface area (Å²) in [4.78, 5) is 73.3. The number of hydrogen-bond donors (Lipinski definition) is 3. The SMILES string of the molecule is CC(=O)CC(C)O.CC1=NC=CC1C.CN1CCCC1.CN1CCCCC1.CN1CCOCC1.CN1CCS(=O)(=O)CC1.CN1CCS(=O)CC1.CN1CCSCC1.CO/N=C/c1cc[n+](O)cc1.CON=C(C)C.Cc1[nH]c[n+](C)c1C.Cc1cn(C)cn1.Cn1cnc(-c2ccccc2)c1.Cn1cnc([N+](=O)[O-])c1.Cn1cnc2ccccc21.Cn1cnc2cccnc21.[Ac]. The Bertz CT molecular complexity index is 4760. The number of para-hydroxylation sites is 2. The summed E-state index contributed by atoms with van der Waals surface area (Å²) < 4.78 is 49.7. The van der Waals surface area contributed by atoms with E-state index in [9.17, 15) is 27.5 Å². The number of nitrogens with one attached hydrogen (secondary N) is 1. The van der Waals surface area contributed by atoms with Gasteiger partial charge in [0.05, 0.1) is 97.5 Å². The molecule has 7 aliphatic rings. The van der Waals surface area contributed by atoms with Crippen molar-refractivity contribution in [2.75, 3.05) is 183 Å². The minimum Gasteiger partial charge on any atom is -0.399 e. The number of benzene rings is 2. The van der Waals surface area contributed by atoms with Gasteiger partial charge >= 0.3 is 5.82 Å². The van der Waals surface area contributed by atoms with E-state index >= 15 is 0 Å². The van der Waals surface area contributed by atoms with Gasteiger partial charge in [-0.15, -0.1) is 0 Å². The summed E-state index contributed by atoms with van der Waals surface area (Å²) in [6.45, 7) is 32.4. The zero-order valence-corrected chi connectivity index (χ0v) is 90.1. The van der Waals surface area contributed by atoms with Gasteiger partial charge in [0.25, 0.3) is 0 Å². The summed E-state index contributed by atoms with van der Waals surface area (Å²) in [7, 11) is 24.1. The van der Waals surface area contributed by atoms with Gasteiger partial charge in [0, 0.05) is 250 Å². The first-order valence-corrected chi connectivity index (χ1v) is 48.5. The number of ether oxygens (including phenoxy) is 1. The fraction of sp³-hybridized carbons (Fsp3) is 0.548. The molecule has 2 atom stereocenters. The van der Waals surface area contributed by atoms with Crippen molar-refractivity contribution in [1.29, 1.82) is 0 Å². The van der Waals surface area contributed by atoms with E-state index in [0.29, 0.717) is 30.5 Å². The molecule has 7 aliphatic heterocycles. The largest absolute Gasteiger partial charge is 0.399 e. The Morgan fingerprint density at radius 1 is 0.652 bits per heavy atom. The summed E-state index contributed by atoms with van der Waals surface area (Å²) in [6, 6.07) is 25.5. The molecule has 17 rings (SSSR count). The van der Waals surface area contributed by atoms with Gasteiger partial charge in [0.1, 0.15) is 43.1 Å². The first-order chi connectivity index (χ1) is 62.3. The van der Waals surface area contributed by atoms with Gasteiger partial charge in [-0.1, -0.05) is 72.2 Å². The molecule has 0 bridgehead atoms. The maximum atomic E-state index is 10.8. The van der Waals surface area contributed by atoms with Gasteiger partial charge in [-0.3, -0.25) is 19.2 Å². The van der Waals surface area contributed by atoms with E-state index in [1.807, 2.05) is 179 Å². The number of aromatic nitrogens is 14. The van der Waals surface area contributed by atoms with Crippen molar-refractivity contribution >= 4 is 83.8 Å². The topological polar surface area (TPSA) is 362 Å². The van der Waals surface area contributed by atoms with Crippen LogP contribution in [0, 0.1) is 80.9 Å². The quantitative estimate of drug-likeness (QED) is 0.0439. The van der Waals surface area contributed by atoms with Gasteiger partial charge in [0.2, 0.25) is 25.0 Å². The molecule has 6 fully saturated rings. The second-order valence-electron chi connectivity index (χ2n) is 32.4. The number of aliphatic imine (C=N–C) groups is 1. The molecule has 8 aromatic heterocycles. The monoisotopic (exact) mass is 2110 g/mol. The molecule has 0 aliphatic carbocycles. The fourth-order valence-electron chi connectivity index (χ4n) is 11.5. The Hall–Kier alpha value is -8.69. The summed E-state index contributed by atoms with van der Waals surface area (Å²) in [5, 5.41) is 34.4. The number of nitro groups is 1. The minimum atomic E-state index is -2.66. The molecule has 731 valence electrons. The van der Waals surface area contributed by atoms with E-state index in [4.69, 9.17) is 15.1 Å². The summed E-state index contributed by atoms with van der Waals surface area (Å²) >= 11 is 2.06. The third-order valence-electron chi connectivity index (χ3n) is 19.8. The van der Waals surface area contributed by atoms with Crippen LogP contribution in [0.4, 0.5) is 5.82 Å². The van der Waals surface area contributed by atoms with Crippen LogP contribution in [0.3, 0.4) is 0 Å². The van der Waals surface area contributed by atoms with Crippen molar-refractivity contribution in [3.63, 3.8) is 0 Å². The zero-order valence-electron chi connectivity index (χ0n) is 82.9. The van der Waals surface area contributed by atoms with E-state index in [1.165, 1.54) is 156 Å². The number of rotatable bonds is 7. The second kappa shape index (κ2) is 71.8. The number of likely N-dealkylation sites (tertiary alicyclic amines) is 2. The van der Waals surface area contributed by atoms with Crippen molar-refractivity contribution in [2.24, 2.45) is 63.5 Å². The van der Waals surface area contributed by atoms with Gasteiger partial charge < -0.3 is 81.9 Å². The van der Waals surface area contributed by atoms with Crippen LogP contribution < -0.4 is 9.30 Å². The molecule has 0 amide bonds. The van der Waals surface area contributed by atoms with Crippen LogP contribution in [0.25, 0.3) is 33.5 Å². The van der Waals surface area contributed by atoms with Crippen molar-refractivity contribution < 1.29 is 100 Å². The number of aromatic amines is 1. The molecule has 1 radical (unpaired) electrons. The molecule has 2 unspecified atom stereocenters. The average Bonchev–Trinajstić information content (AvgIpc) is 1.71. The molecule has 132 heavy (non-hydrogen) atoms. The molecule has 3 N–H and O–H groups in total. The molecule has 0 spiro atoms. The molecular formula is C93H154AcN24O11S3+2. The number of carbonyl (C=O) groups excluding carboxylic acids is 1. The Morgan fingerprint density at radius 3 is 1.52 bits per heavy atom. The van der Waals surface area contributed by atoms with Crippen molar-refractivity contribution in [3.8, 4) is 11.3 Å². The van der Waals surface area contributed by atoms with Crippen LogP contribution in [0.2, 0.25) is 0 Å². The number of aryl methyl sites for hydroxylation is 8. The molecule has 39 heteroatoms. The number of morpholine rings is 1. The Morgan fingerprint density at radius 2 is 1.17 bits per heavy atom. The van der Waals surface area contributed by atoms with E-state index in [1.54, 1.807) is 51.2 Å². The van der Waals surface area contributed by atoms with E-state index in [-0.39, 0.29) is 62.1 Å². The fourth-order valence-corrected chi connectivity index (χ4v) is 15.2. The Kier molecular flexibility index (Phi) is 66.0. The number of aliphatic hydroxyl groups excluding tert-OH is 1. The Balaban J connectivity index is 0.000000706. The summed E-state index contributed by atoms with van der Waals surface area (Å²) in [6.07, 6.45) is 33.0. The number of imidazole rings is 6. The molecule has 2 aromatic carbocycles. The number of piperidine rings is 1. The number of carbonyl (C=O) groups is 1. The molecule has 6 saturated heterocycles. The van der Waals surface area contributed by atoms with Crippen molar-refractivity contribution in [3.05, 3.63) is 199 Å². The normalized spacial score (nSPS) is 16.3. The number of fused-ring (bicyclic) bond motifs is 2. The number of allylic oxidation sites excluding steroid dienone is 1. The number of hydrogen-bond acceptors (Lipinski definition) is 27. The third kappa shape index (κ3) is 59.8. The number of aliphatic hydroxyl groups is 1. The number of H-pyrrole nitrogens is 1. The van der Waals surface area contributed by atoms with Crippen LogP contribution >= 0.6 is 11.8 Å². The van der Waals surface area contributed by atoms with Gasteiger partial charge in [-0.25, -0.2) is 42.9 Å². The molecule has 15 heterocycles. The number of oxime groups is 2. The van der Waals surface area contributed by atoms with E-state index < -0.39 is 31.7 Å². The third-order valence-corrected chi connectivity index (χ3v) is 23.6.